The molecule has 2 aromatic heterocycles. The molecule has 0 radical (unpaired) electrons. The van der Waals surface area contributed by atoms with E-state index in [9.17, 15) is 18.0 Å². The zero-order valence-corrected chi connectivity index (χ0v) is 9.89. The van der Waals surface area contributed by atoms with E-state index in [1.165, 1.54) is 4.57 Å². The van der Waals surface area contributed by atoms with Crippen molar-refractivity contribution in [2.75, 3.05) is 0 Å². The Hall–Kier alpha value is -1.77. The molecule has 0 spiro atoms. The van der Waals surface area contributed by atoms with Crippen LogP contribution in [0.15, 0.2) is 21.0 Å². The van der Waals surface area contributed by atoms with Crippen LogP contribution in [0, 0.1) is 17.6 Å². The van der Waals surface area contributed by atoms with Crippen LogP contribution in [-0.2, 0) is 6.54 Å². The summed E-state index contributed by atoms with van der Waals surface area (Å²) in [5, 5.41) is 5.55. The van der Waals surface area contributed by atoms with Crippen molar-refractivity contribution in [1.82, 2.24) is 19.7 Å². The number of aromatic amines is 1. The molecular formula is C9H7F3N4OS. The van der Waals surface area contributed by atoms with E-state index in [2.05, 4.69) is 15.2 Å². The van der Waals surface area contributed by atoms with Crippen LogP contribution in [0.5, 0.6) is 0 Å². The van der Waals surface area contributed by atoms with E-state index >= 15 is 0 Å². The number of hydrogen-bond donors (Lipinski definition) is 1. The van der Waals surface area contributed by atoms with Crippen LogP contribution >= 0.6 is 11.8 Å². The van der Waals surface area contributed by atoms with Gasteiger partial charge in [0.05, 0.1) is 0 Å². The van der Waals surface area contributed by atoms with Crippen molar-refractivity contribution in [2.24, 2.45) is 0 Å². The Balaban J connectivity index is 2.40. The van der Waals surface area contributed by atoms with Gasteiger partial charge in [-0.05, 0) is 18.7 Å². The Morgan fingerprint density at radius 3 is 2.78 bits per heavy atom. The van der Waals surface area contributed by atoms with Gasteiger partial charge in [0.1, 0.15) is 5.03 Å². The first-order valence-corrected chi connectivity index (χ1v) is 5.69. The topological polar surface area (TPSA) is 63.6 Å². The van der Waals surface area contributed by atoms with Crippen molar-refractivity contribution in [3.05, 3.63) is 34.1 Å². The van der Waals surface area contributed by atoms with Crippen LogP contribution in [0.25, 0.3) is 0 Å². The zero-order chi connectivity index (χ0) is 13.3. The monoisotopic (exact) mass is 276 g/mol. The Morgan fingerprint density at radius 2 is 2.11 bits per heavy atom. The van der Waals surface area contributed by atoms with Crippen LogP contribution in [0.1, 0.15) is 6.92 Å². The molecular weight excluding hydrogens is 269 g/mol. The predicted molar refractivity (Wildman–Crippen MR) is 56.8 cm³/mol. The molecule has 2 heterocycles. The lowest BCUT2D eigenvalue weighted by atomic mass is 10.4. The summed E-state index contributed by atoms with van der Waals surface area (Å²) in [6.07, 6.45) is 0. The third kappa shape index (κ3) is 2.26. The summed E-state index contributed by atoms with van der Waals surface area (Å²) in [4.78, 5) is 14.4. The molecule has 2 aromatic rings. The number of hydrogen-bond acceptors (Lipinski definition) is 4. The lowest BCUT2D eigenvalue weighted by Crippen LogP contribution is -2.16. The van der Waals surface area contributed by atoms with Crippen LogP contribution in [0.3, 0.4) is 0 Å². The minimum absolute atomic E-state index is 0.125. The molecule has 0 aliphatic rings. The molecule has 0 fully saturated rings. The first-order valence-electron chi connectivity index (χ1n) is 4.87. The normalized spacial score (nSPS) is 10.9. The highest BCUT2D eigenvalue weighted by atomic mass is 32.2. The van der Waals surface area contributed by atoms with Gasteiger partial charge in [-0.1, -0.05) is 0 Å². The van der Waals surface area contributed by atoms with Crippen molar-refractivity contribution in [3.63, 3.8) is 0 Å². The maximum absolute atomic E-state index is 13.3. The molecule has 0 unspecified atom stereocenters. The van der Waals surface area contributed by atoms with E-state index in [0.717, 1.165) is 0 Å². The summed E-state index contributed by atoms with van der Waals surface area (Å²) in [5.41, 5.74) is -0.469. The van der Waals surface area contributed by atoms with Crippen molar-refractivity contribution >= 4 is 11.8 Å². The van der Waals surface area contributed by atoms with Crippen molar-refractivity contribution in [3.8, 4) is 0 Å². The van der Waals surface area contributed by atoms with E-state index in [-0.39, 0.29) is 10.2 Å². The molecule has 0 amide bonds. The largest absolute Gasteiger partial charge is 0.343 e. The number of halogens is 3. The van der Waals surface area contributed by atoms with Gasteiger partial charge in [0, 0.05) is 12.6 Å². The number of nitrogens with one attached hydrogen (secondary N) is 1. The SMILES string of the molecule is CCn1c(Sc2nc(F)c(F)cc2F)n[nH]c1=O. The summed E-state index contributed by atoms with van der Waals surface area (Å²) < 4.78 is 40.1. The lowest BCUT2D eigenvalue weighted by Gasteiger charge is -2.03. The fourth-order valence-corrected chi connectivity index (χ4v) is 2.12. The summed E-state index contributed by atoms with van der Waals surface area (Å²) >= 11 is 0.637. The van der Waals surface area contributed by atoms with E-state index in [4.69, 9.17) is 0 Å². The molecule has 5 nitrogen and oxygen atoms in total. The molecule has 96 valence electrons. The molecule has 0 saturated heterocycles. The maximum atomic E-state index is 13.3. The fourth-order valence-electron chi connectivity index (χ4n) is 1.25. The second-order valence-corrected chi connectivity index (χ2v) is 4.16. The number of H-pyrrole nitrogens is 1. The highest BCUT2D eigenvalue weighted by molar-refractivity contribution is 7.99. The van der Waals surface area contributed by atoms with E-state index in [1.54, 1.807) is 6.92 Å². The Labute approximate surface area is 103 Å². The molecule has 1 N–H and O–H groups in total. The van der Waals surface area contributed by atoms with Crippen molar-refractivity contribution in [1.29, 1.82) is 0 Å². The highest BCUT2D eigenvalue weighted by Gasteiger charge is 2.16. The van der Waals surface area contributed by atoms with Gasteiger partial charge in [0.2, 0.25) is 5.95 Å². The van der Waals surface area contributed by atoms with Gasteiger partial charge < -0.3 is 0 Å². The minimum Gasteiger partial charge on any atom is -0.270 e. The summed E-state index contributed by atoms with van der Waals surface area (Å²) in [7, 11) is 0. The number of nitrogens with zero attached hydrogens (tertiary/aromatic N) is 3. The first kappa shape index (κ1) is 12.7. The maximum Gasteiger partial charge on any atom is 0.343 e. The van der Waals surface area contributed by atoms with Gasteiger partial charge in [-0.3, -0.25) is 4.57 Å². The van der Waals surface area contributed by atoms with E-state index < -0.39 is 23.3 Å². The molecule has 9 heteroatoms. The van der Waals surface area contributed by atoms with Gasteiger partial charge in [-0.15, -0.1) is 5.10 Å². The number of aromatic nitrogens is 4. The number of pyridine rings is 1. The van der Waals surface area contributed by atoms with Crippen LogP contribution in [-0.4, -0.2) is 19.7 Å². The van der Waals surface area contributed by atoms with Crippen molar-refractivity contribution < 1.29 is 13.2 Å². The van der Waals surface area contributed by atoms with Crippen LogP contribution in [0.2, 0.25) is 0 Å². The summed E-state index contributed by atoms with van der Waals surface area (Å²) in [6, 6.07) is 0.395. The van der Waals surface area contributed by atoms with Crippen LogP contribution < -0.4 is 5.69 Å². The first-order chi connectivity index (χ1) is 8.52. The zero-order valence-electron chi connectivity index (χ0n) is 9.08. The van der Waals surface area contributed by atoms with Gasteiger partial charge in [-0.2, -0.15) is 4.39 Å². The standard InChI is InChI=1S/C9H7F3N4OS/c1-2-16-8(17)14-15-9(16)18-7-5(11)3-4(10)6(12)13-7/h3H,2H2,1H3,(H,14,17). The lowest BCUT2D eigenvalue weighted by molar-refractivity contribution is 0.447. The molecule has 0 aromatic carbocycles. The molecule has 2 rings (SSSR count). The molecule has 0 bridgehead atoms. The highest BCUT2D eigenvalue weighted by Crippen LogP contribution is 2.26. The van der Waals surface area contributed by atoms with Gasteiger partial charge >= 0.3 is 5.69 Å². The van der Waals surface area contributed by atoms with Gasteiger partial charge in [0.15, 0.2) is 16.8 Å². The smallest absolute Gasteiger partial charge is 0.270 e. The van der Waals surface area contributed by atoms with E-state index in [0.29, 0.717) is 24.4 Å². The Bertz CT molecular complexity index is 639. The average Bonchev–Trinajstić information content (AvgIpc) is 2.67. The average molecular weight is 276 g/mol. The second-order valence-electron chi connectivity index (χ2n) is 3.21. The molecule has 0 aliphatic carbocycles. The summed E-state index contributed by atoms with van der Waals surface area (Å²) in [5.74, 6) is -3.79. The van der Waals surface area contributed by atoms with Gasteiger partial charge in [-0.25, -0.2) is 23.7 Å². The van der Waals surface area contributed by atoms with Gasteiger partial charge in [0.25, 0.3) is 0 Å². The Morgan fingerprint density at radius 1 is 1.39 bits per heavy atom. The molecule has 0 aliphatic heterocycles. The molecule has 0 saturated carbocycles. The second kappa shape index (κ2) is 4.84. The van der Waals surface area contributed by atoms with Crippen LogP contribution in [0.4, 0.5) is 13.2 Å². The van der Waals surface area contributed by atoms with E-state index in [1.807, 2.05) is 0 Å². The summed E-state index contributed by atoms with van der Waals surface area (Å²) in [6.45, 7) is 2.00. The number of rotatable bonds is 3. The Kier molecular flexibility index (Phi) is 3.41. The predicted octanol–water partition coefficient (Wildman–Crippen LogP) is 1.55. The quantitative estimate of drug-likeness (QED) is 0.864. The minimum atomic E-state index is -1.40. The molecule has 0 atom stereocenters. The van der Waals surface area contributed by atoms with Crippen molar-refractivity contribution in [2.45, 2.75) is 23.7 Å². The molecule has 18 heavy (non-hydrogen) atoms. The fraction of sp³-hybridized carbons (Fsp3) is 0.222. The third-order valence-electron chi connectivity index (χ3n) is 2.08. The third-order valence-corrected chi connectivity index (χ3v) is 3.06.